The van der Waals surface area contributed by atoms with Crippen LogP contribution in [-0.4, -0.2) is 50.0 Å². The molecular formula is C23H18ClN7O2S. The van der Waals surface area contributed by atoms with Crippen LogP contribution in [0.3, 0.4) is 0 Å². The Hall–Kier alpha value is -3.73. The molecule has 1 fully saturated rings. The van der Waals surface area contributed by atoms with Crippen molar-refractivity contribution < 1.29 is 9.53 Å². The second-order valence-corrected chi connectivity index (χ2v) is 9.21. The molecule has 1 aliphatic carbocycles. The molecule has 2 aliphatic rings. The van der Waals surface area contributed by atoms with Crippen molar-refractivity contribution in [2.24, 2.45) is 11.0 Å². The summed E-state index contributed by atoms with van der Waals surface area (Å²) in [4.78, 5) is 21.8. The number of hydrazone groups is 1. The molecule has 170 valence electrons. The number of imidazole rings is 1. The van der Waals surface area contributed by atoms with Crippen molar-refractivity contribution in [3.63, 3.8) is 0 Å². The lowest BCUT2D eigenvalue weighted by Crippen LogP contribution is -2.28. The largest absolute Gasteiger partial charge is 0.494 e. The average Bonchev–Trinajstić information content (AvgIpc) is 3.47. The van der Waals surface area contributed by atoms with Crippen molar-refractivity contribution in [1.29, 1.82) is 5.26 Å². The molecule has 9 nitrogen and oxygen atoms in total. The first-order valence-corrected chi connectivity index (χ1v) is 11.6. The number of aromatic nitrogens is 3. The molecule has 1 saturated carbocycles. The van der Waals surface area contributed by atoms with Gasteiger partial charge in [0.2, 0.25) is 0 Å². The van der Waals surface area contributed by atoms with E-state index < -0.39 is 0 Å². The van der Waals surface area contributed by atoms with E-state index in [4.69, 9.17) is 16.3 Å². The van der Waals surface area contributed by atoms with Gasteiger partial charge in [-0.25, -0.2) is 9.97 Å². The molecule has 5 rings (SSSR count). The van der Waals surface area contributed by atoms with E-state index in [1.54, 1.807) is 27.7 Å². The number of nitrogens with zero attached hydrogens (tertiary/aromatic N) is 6. The van der Waals surface area contributed by atoms with Gasteiger partial charge >= 0.3 is 0 Å². The molecule has 0 bridgehead atoms. The number of carbonyl (C=O) groups is 1. The van der Waals surface area contributed by atoms with Crippen LogP contribution in [0.5, 0.6) is 5.75 Å². The van der Waals surface area contributed by atoms with Crippen LogP contribution >= 0.6 is 23.4 Å². The molecule has 0 spiro atoms. The summed E-state index contributed by atoms with van der Waals surface area (Å²) < 4.78 is 7.07. The van der Waals surface area contributed by atoms with Gasteiger partial charge in [-0.2, -0.15) is 10.4 Å². The first-order valence-electron chi connectivity index (χ1n) is 10.4. The molecular weight excluding hydrogens is 474 g/mol. The molecule has 1 aliphatic heterocycles. The highest BCUT2D eigenvalue weighted by Gasteiger charge is 2.27. The van der Waals surface area contributed by atoms with Crippen LogP contribution in [0, 0.1) is 29.1 Å². The van der Waals surface area contributed by atoms with E-state index in [0.717, 1.165) is 12.8 Å². The number of methoxy groups -OCH3 is 1. The predicted octanol–water partition coefficient (Wildman–Crippen LogP) is 3.35. The van der Waals surface area contributed by atoms with Gasteiger partial charge in [-0.1, -0.05) is 23.4 Å². The number of ether oxygens (including phenoxy) is 1. The molecule has 0 saturated heterocycles. The van der Waals surface area contributed by atoms with Gasteiger partial charge in [0.05, 0.1) is 25.1 Å². The zero-order valence-corrected chi connectivity index (χ0v) is 19.8. The van der Waals surface area contributed by atoms with Crippen LogP contribution in [0.1, 0.15) is 28.9 Å². The monoisotopic (exact) mass is 491 g/mol. The standard InChI is InChI=1S/C23H18ClN7O2S/c1-30-21(6-5-13-3-4-13)34-23(29-30)28-22(32)16-8-20-27-10-14(9-25)31(20)12-17(16)15-7-19(24)26-11-18(15)33-2/h7-8,10-13,21H,3-4H2,1-2H3,(H,28,29,32). The van der Waals surface area contributed by atoms with Crippen molar-refractivity contribution in [3.8, 4) is 34.8 Å². The van der Waals surface area contributed by atoms with E-state index in [1.165, 1.54) is 31.3 Å². The van der Waals surface area contributed by atoms with Gasteiger partial charge in [0.1, 0.15) is 28.3 Å². The molecule has 1 amide bonds. The van der Waals surface area contributed by atoms with Crippen molar-refractivity contribution >= 4 is 40.1 Å². The number of nitriles is 1. The highest BCUT2D eigenvalue weighted by atomic mass is 35.5. The summed E-state index contributed by atoms with van der Waals surface area (Å²) in [5, 5.41) is 19.0. The third-order valence-corrected chi connectivity index (χ3v) is 6.63. The fraction of sp³-hybridized carbons (Fsp3) is 0.261. The molecule has 1 unspecified atom stereocenters. The van der Waals surface area contributed by atoms with Gasteiger partial charge in [0, 0.05) is 30.3 Å². The molecule has 34 heavy (non-hydrogen) atoms. The van der Waals surface area contributed by atoms with Crippen molar-refractivity contribution in [2.45, 2.75) is 18.2 Å². The minimum absolute atomic E-state index is 0.151. The SMILES string of the molecule is COc1cnc(Cl)cc1-c1cn2c(C#N)cnc2cc1C(=O)NC1=NN(C)C(C#CC2CC2)S1. The molecule has 4 heterocycles. The van der Waals surface area contributed by atoms with Crippen LogP contribution in [-0.2, 0) is 0 Å². The third kappa shape index (κ3) is 4.26. The van der Waals surface area contributed by atoms with Crippen molar-refractivity contribution in [1.82, 2.24) is 24.7 Å². The Morgan fingerprint density at radius 1 is 1.26 bits per heavy atom. The van der Waals surface area contributed by atoms with Crippen LogP contribution in [0.4, 0.5) is 0 Å². The molecule has 0 radical (unpaired) electrons. The third-order valence-electron chi connectivity index (χ3n) is 5.37. The number of hydrogen-bond acceptors (Lipinski definition) is 8. The smallest absolute Gasteiger partial charge is 0.258 e. The van der Waals surface area contributed by atoms with Crippen LogP contribution < -0.4 is 10.1 Å². The number of fused-ring (bicyclic) bond motifs is 1. The van der Waals surface area contributed by atoms with Gasteiger partial charge in [0.25, 0.3) is 5.91 Å². The van der Waals surface area contributed by atoms with Gasteiger partial charge < -0.3 is 4.74 Å². The number of hydrogen-bond donors (Lipinski definition) is 1. The quantitative estimate of drug-likeness (QED) is 0.442. The average molecular weight is 492 g/mol. The Kier molecular flexibility index (Phi) is 5.78. The van der Waals surface area contributed by atoms with Gasteiger partial charge in [-0.3, -0.25) is 19.5 Å². The summed E-state index contributed by atoms with van der Waals surface area (Å²) in [6.07, 6.45) is 6.90. The maximum absolute atomic E-state index is 13.4. The number of carbonyl (C=O) groups excluding carboxylic acids is 1. The van der Waals surface area contributed by atoms with Gasteiger partial charge in [-0.05, 0) is 36.7 Å². The number of rotatable bonds is 3. The van der Waals surface area contributed by atoms with E-state index in [0.29, 0.717) is 44.9 Å². The second-order valence-electron chi connectivity index (χ2n) is 7.76. The lowest BCUT2D eigenvalue weighted by Gasteiger charge is -2.14. The van der Waals surface area contributed by atoms with Crippen molar-refractivity contribution in [3.05, 3.63) is 47.1 Å². The fourth-order valence-corrected chi connectivity index (χ4v) is 4.48. The number of nitrogens with one attached hydrogen (secondary N) is 1. The molecule has 3 aromatic heterocycles. The molecule has 1 N–H and O–H groups in total. The van der Waals surface area contributed by atoms with Crippen molar-refractivity contribution in [2.75, 3.05) is 14.2 Å². The first kappa shape index (κ1) is 22.1. The Labute approximate surface area is 204 Å². The summed E-state index contributed by atoms with van der Waals surface area (Å²) in [6, 6.07) is 5.33. The van der Waals surface area contributed by atoms with Crippen LogP contribution in [0.2, 0.25) is 5.15 Å². The van der Waals surface area contributed by atoms with E-state index in [1.807, 2.05) is 7.05 Å². The summed E-state index contributed by atoms with van der Waals surface area (Å²) in [7, 11) is 3.33. The Morgan fingerprint density at radius 3 is 2.82 bits per heavy atom. The number of amidine groups is 1. The molecule has 11 heteroatoms. The highest BCUT2D eigenvalue weighted by molar-refractivity contribution is 8.14. The zero-order chi connectivity index (χ0) is 23.8. The summed E-state index contributed by atoms with van der Waals surface area (Å²) in [5.41, 5.74) is 2.16. The normalized spacial score (nSPS) is 17.1. The van der Waals surface area contributed by atoms with E-state index in [-0.39, 0.29) is 16.4 Å². The number of halogens is 1. The van der Waals surface area contributed by atoms with Gasteiger partial charge in [0.15, 0.2) is 10.5 Å². The van der Waals surface area contributed by atoms with E-state index in [2.05, 4.69) is 38.3 Å². The van der Waals surface area contributed by atoms with E-state index >= 15 is 0 Å². The zero-order valence-electron chi connectivity index (χ0n) is 18.2. The number of thioether (sulfide) groups is 1. The Bertz CT molecular complexity index is 1450. The van der Waals surface area contributed by atoms with E-state index in [9.17, 15) is 10.1 Å². The maximum Gasteiger partial charge on any atom is 0.258 e. The molecule has 0 aromatic carbocycles. The summed E-state index contributed by atoms with van der Waals surface area (Å²) in [5.74, 6) is 6.99. The summed E-state index contributed by atoms with van der Waals surface area (Å²) in [6.45, 7) is 0. The predicted molar refractivity (Wildman–Crippen MR) is 129 cm³/mol. The minimum atomic E-state index is -0.385. The summed E-state index contributed by atoms with van der Waals surface area (Å²) >= 11 is 7.54. The molecule has 1 atom stereocenters. The fourth-order valence-electron chi connectivity index (χ4n) is 3.46. The lowest BCUT2D eigenvalue weighted by atomic mass is 10.0. The highest BCUT2D eigenvalue weighted by Crippen LogP contribution is 2.35. The number of amides is 1. The Morgan fingerprint density at radius 2 is 2.09 bits per heavy atom. The minimum Gasteiger partial charge on any atom is -0.494 e. The van der Waals surface area contributed by atoms with Crippen LogP contribution in [0.25, 0.3) is 16.8 Å². The van der Waals surface area contributed by atoms with Gasteiger partial charge in [-0.15, -0.1) is 0 Å². The molecule has 3 aromatic rings. The number of pyridine rings is 2. The second kappa shape index (κ2) is 8.90. The maximum atomic E-state index is 13.4. The van der Waals surface area contributed by atoms with Crippen LogP contribution in [0.15, 0.2) is 35.8 Å². The first-order chi connectivity index (χ1) is 16.5. The lowest BCUT2D eigenvalue weighted by molar-refractivity contribution is 0.0978. The Balaban J connectivity index is 1.53. The topological polar surface area (TPSA) is 108 Å².